The molecule has 0 saturated heterocycles. The number of hydrogen-bond acceptors (Lipinski definition) is 5. The van der Waals surface area contributed by atoms with E-state index in [4.69, 9.17) is 13.9 Å². The van der Waals surface area contributed by atoms with Crippen LogP contribution >= 0.6 is 0 Å². The Hall–Kier alpha value is -3.22. The normalized spacial score (nSPS) is 14.2. The fourth-order valence-electron chi connectivity index (χ4n) is 3.57. The van der Waals surface area contributed by atoms with Crippen molar-refractivity contribution in [2.24, 2.45) is 5.92 Å². The number of amides is 1. The second-order valence-electron chi connectivity index (χ2n) is 7.43. The van der Waals surface area contributed by atoms with Crippen LogP contribution in [0, 0.1) is 5.92 Å². The van der Waals surface area contributed by atoms with Crippen LogP contribution < -0.4 is 20.5 Å². The molecule has 3 aromatic rings. The minimum atomic E-state index is -0.453. The van der Waals surface area contributed by atoms with E-state index in [-0.39, 0.29) is 30.8 Å². The van der Waals surface area contributed by atoms with Gasteiger partial charge in [0, 0.05) is 13.0 Å². The van der Waals surface area contributed by atoms with Gasteiger partial charge in [0.05, 0.1) is 11.6 Å². The molecule has 0 spiro atoms. The maximum absolute atomic E-state index is 12.6. The van der Waals surface area contributed by atoms with E-state index in [1.165, 1.54) is 4.57 Å². The summed E-state index contributed by atoms with van der Waals surface area (Å²) in [5, 5.41) is 3.09. The van der Waals surface area contributed by atoms with Gasteiger partial charge in [-0.1, -0.05) is 32.0 Å². The minimum Gasteiger partial charge on any atom is -0.486 e. The quantitative estimate of drug-likeness (QED) is 0.691. The first kappa shape index (κ1) is 19.1. The molecule has 0 radical (unpaired) electrons. The van der Waals surface area contributed by atoms with Crippen molar-refractivity contribution >= 4 is 17.0 Å². The summed E-state index contributed by atoms with van der Waals surface area (Å²) in [6.07, 6.45) is 0.178. The number of aromatic nitrogens is 1. The standard InChI is InChI=1S/C22H24N2O5/c1-14(2)21(15-7-8-18-19(13-15)28-12-11-27-18)23-20(25)9-10-24-16-5-3-4-6-17(16)29-22(24)26/h3-8,13-14,21H,9-12H2,1-2H3,(H,23,25). The lowest BCUT2D eigenvalue weighted by Gasteiger charge is -2.25. The Bertz CT molecular complexity index is 1080. The van der Waals surface area contributed by atoms with E-state index < -0.39 is 5.76 Å². The zero-order valence-electron chi connectivity index (χ0n) is 16.5. The molecule has 0 bridgehead atoms. The SMILES string of the molecule is CC(C)C(NC(=O)CCn1c(=O)oc2ccccc21)c1ccc2c(c1)OCCO2. The molecule has 7 heteroatoms. The molecule has 1 aromatic heterocycles. The van der Waals surface area contributed by atoms with Gasteiger partial charge in [0.15, 0.2) is 17.1 Å². The number of hydrogen-bond donors (Lipinski definition) is 1. The Kier molecular flexibility index (Phi) is 5.29. The molecule has 7 nitrogen and oxygen atoms in total. The first-order valence-electron chi connectivity index (χ1n) is 9.80. The van der Waals surface area contributed by atoms with Crippen LogP contribution in [0.25, 0.3) is 11.1 Å². The average Bonchev–Trinajstić information content (AvgIpc) is 3.05. The highest BCUT2D eigenvalue weighted by Crippen LogP contribution is 2.34. The monoisotopic (exact) mass is 396 g/mol. The van der Waals surface area contributed by atoms with Crippen LogP contribution in [0.3, 0.4) is 0 Å². The predicted octanol–water partition coefficient (Wildman–Crippen LogP) is 3.27. The smallest absolute Gasteiger partial charge is 0.419 e. The van der Waals surface area contributed by atoms with Crippen molar-refractivity contribution in [3.8, 4) is 11.5 Å². The Morgan fingerprint density at radius 3 is 2.66 bits per heavy atom. The van der Waals surface area contributed by atoms with Crippen molar-refractivity contribution in [2.75, 3.05) is 13.2 Å². The van der Waals surface area contributed by atoms with Crippen LogP contribution in [0.5, 0.6) is 11.5 Å². The third-order valence-electron chi connectivity index (χ3n) is 5.04. The average molecular weight is 396 g/mol. The molecule has 0 aliphatic carbocycles. The number of ether oxygens (including phenoxy) is 2. The summed E-state index contributed by atoms with van der Waals surface area (Å²) in [7, 11) is 0. The molecule has 29 heavy (non-hydrogen) atoms. The van der Waals surface area contributed by atoms with E-state index in [0.717, 1.165) is 11.3 Å². The molecule has 1 amide bonds. The number of fused-ring (bicyclic) bond motifs is 2. The molecule has 1 unspecified atom stereocenters. The van der Waals surface area contributed by atoms with Crippen LogP contribution in [0.2, 0.25) is 0 Å². The summed E-state index contributed by atoms with van der Waals surface area (Å²) in [5.74, 6) is 1.02. The van der Waals surface area contributed by atoms with Crippen LogP contribution in [-0.2, 0) is 11.3 Å². The molecule has 4 rings (SSSR count). The molecule has 1 atom stereocenters. The van der Waals surface area contributed by atoms with E-state index in [2.05, 4.69) is 19.2 Å². The fourth-order valence-corrected chi connectivity index (χ4v) is 3.57. The topological polar surface area (TPSA) is 82.7 Å². The summed E-state index contributed by atoms with van der Waals surface area (Å²) in [6.45, 7) is 5.42. The third kappa shape index (κ3) is 3.99. The highest BCUT2D eigenvalue weighted by Gasteiger charge is 2.21. The molecule has 2 heterocycles. The predicted molar refractivity (Wildman–Crippen MR) is 108 cm³/mol. The zero-order chi connectivity index (χ0) is 20.4. The van der Waals surface area contributed by atoms with Crippen LogP contribution in [-0.4, -0.2) is 23.7 Å². The Balaban J connectivity index is 1.47. The molecular formula is C22H24N2O5. The fraction of sp³-hybridized carbons (Fsp3) is 0.364. The van der Waals surface area contributed by atoms with E-state index in [1.807, 2.05) is 36.4 Å². The Morgan fingerprint density at radius 1 is 1.10 bits per heavy atom. The lowest BCUT2D eigenvalue weighted by Crippen LogP contribution is -2.33. The van der Waals surface area contributed by atoms with Gasteiger partial charge in [0.1, 0.15) is 13.2 Å². The highest BCUT2D eigenvalue weighted by molar-refractivity contribution is 5.77. The summed E-state index contributed by atoms with van der Waals surface area (Å²) in [4.78, 5) is 24.7. The number of aryl methyl sites for hydroxylation is 1. The first-order chi connectivity index (χ1) is 14.0. The van der Waals surface area contributed by atoms with Gasteiger partial charge in [0.2, 0.25) is 5.91 Å². The highest BCUT2D eigenvalue weighted by atomic mass is 16.6. The third-order valence-corrected chi connectivity index (χ3v) is 5.04. The first-order valence-corrected chi connectivity index (χ1v) is 9.80. The number of carbonyl (C=O) groups is 1. The van der Waals surface area contributed by atoms with Crippen molar-refractivity contribution in [3.63, 3.8) is 0 Å². The summed E-state index contributed by atoms with van der Waals surface area (Å²) < 4.78 is 17.9. The number of carbonyl (C=O) groups excluding carboxylic acids is 1. The van der Waals surface area contributed by atoms with Gasteiger partial charge in [-0.25, -0.2) is 4.79 Å². The maximum Gasteiger partial charge on any atom is 0.419 e. The van der Waals surface area contributed by atoms with Gasteiger partial charge in [-0.15, -0.1) is 0 Å². The molecule has 1 N–H and O–H groups in total. The van der Waals surface area contributed by atoms with Crippen molar-refractivity contribution in [1.82, 2.24) is 9.88 Å². The van der Waals surface area contributed by atoms with Gasteiger partial charge in [-0.2, -0.15) is 0 Å². The molecule has 0 fully saturated rings. The van der Waals surface area contributed by atoms with Crippen molar-refractivity contribution in [3.05, 3.63) is 58.6 Å². The van der Waals surface area contributed by atoms with Crippen LogP contribution in [0.1, 0.15) is 31.9 Å². The number of rotatable bonds is 6. The molecule has 0 saturated carbocycles. The molecule has 2 aromatic carbocycles. The van der Waals surface area contributed by atoms with Crippen molar-refractivity contribution in [2.45, 2.75) is 32.9 Å². The van der Waals surface area contributed by atoms with Crippen LogP contribution in [0.15, 0.2) is 51.7 Å². The van der Waals surface area contributed by atoms with Crippen LogP contribution in [0.4, 0.5) is 0 Å². The number of nitrogens with one attached hydrogen (secondary N) is 1. The second-order valence-corrected chi connectivity index (χ2v) is 7.43. The number of para-hydroxylation sites is 2. The summed E-state index contributed by atoms with van der Waals surface area (Å²) >= 11 is 0. The van der Waals surface area contributed by atoms with E-state index in [1.54, 1.807) is 6.07 Å². The van der Waals surface area contributed by atoms with Gasteiger partial charge in [-0.3, -0.25) is 9.36 Å². The van der Waals surface area contributed by atoms with Gasteiger partial charge in [0.25, 0.3) is 0 Å². The Labute approximate surface area is 168 Å². The van der Waals surface area contributed by atoms with Crippen molar-refractivity contribution < 1.29 is 18.7 Å². The molecule has 1 aliphatic heterocycles. The van der Waals surface area contributed by atoms with E-state index >= 15 is 0 Å². The van der Waals surface area contributed by atoms with Gasteiger partial charge >= 0.3 is 5.76 Å². The second kappa shape index (κ2) is 8.03. The lowest BCUT2D eigenvalue weighted by molar-refractivity contribution is -0.122. The maximum atomic E-state index is 12.6. The number of nitrogens with zero attached hydrogens (tertiary/aromatic N) is 1. The largest absolute Gasteiger partial charge is 0.486 e. The van der Waals surface area contributed by atoms with E-state index in [9.17, 15) is 9.59 Å². The van der Waals surface area contributed by atoms with E-state index in [0.29, 0.717) is 30.1 Å². The molecular weight excluding hydrogens is 372 g/mol. The van der Waals surface area contributed by atoms with Gasteiger partial charge in [-0.05, 0) is 35.7 Å². The zero-order valence-corrected chi connectivity index (χ0v) is 16.5. The molecule has 1 aliphatic rings. The summed E-state index contributed by atoms with van der Waals surface area (Å²) in [5.41, 5.74) is 2.18. The van der Waals surface area contributed by atoms with Gasteiger partial charge < -0.3 is 19.2 Å². The summed E-state index contributed by atoms with van der Waals surface area (Å²) in [6, 6.07) is 12.8. The number of oxazole rings is 1. The molecule has 152 valence electrons. The minimum absolute atomic E-state index is 0.129. The lowest BCUT2D eigenvalue weighted by atomic mass is 9.95. The van der Waals surface area contributed by atoms with Crippen molar-refractivity contribution in [1.29, 1.82) is 0 Å². The number of benzene rings is 2. The Morgan fingerprint density at radius 2 is 1.86 bits per heavy atom.